The number of hydrogen-bond donors (Lipinski definition) is 1. The summed E-state index contributed by atoms with van der Waals surface area (Å²) in [4.78, 5) is 38.0. The van der Waals surface area contributed by atoms with Gasteiger partial charge in [-0.3, -0.25) is 14.2 Å². The van der Waals surface area contributed by atoms with E-state index in [4.69, 9.17) is 9.47 Å². The summed E-state index contributed by atoms with van der Waals surface area (Å²) >= 11 is 0. The van der Waals surface area contributed by atoms with E-state index in [2.05, 4.69) is 15.3 Å². The Morgan fingerprint density at radius 3 is 2.70 bits per heavy atom. The predicted octanol–water partition coefficient (Wildman–Crippen LogP) is 3.71. The molecule has 1 unspecified atom stereocenters. The van der Waals surface area contributed by atoms with Crippen molar-refractivity contribution in [2.24, 2.45) is 5.92 Å². The largest absolute Gasteiger partial charge is 0.497 e. The van der Waals surface area contributed by atoms with Crippen LogP contribution >= 0.6 is 0 Å². The van der Waals surface area contributed by atoms with Crippen LogP contribution in [-0.2, 0) is 11.3 Å². The molecule has 1 atom stereocenters. The predicted molar refractivity (Wildman–Crippen MR) is 142 cm³/mol. The fourth-order valence-electron chi connectivity index (χ4n) is 4.70. The standard InChI is InChI=1S/C28H29N5O4/c1-36-21-12-13-22(24(16-21)37-2)31-27(34)20-10-7-15-32(18-20)26-28(35)33(17-19-8-4-3-5-9-19)25-23(30-26)11-6-14-29-25/h3-6,8-9,11-14,16,20H,7,10,15,17-18H2,1-2H3,(H,31,34). The molecule has 1 aliphatic heterocycles. The first-order valence-corrected chi connectivity index (χ1v) is 12.2. The van der Waals surface area contributed by atoms with Crippen LogP contribution in [0.1, 0.15) is 18.4 Å². The van der Waals surface area contributed by atoms with Crippen LogP contribution in [0.4, 0.5) is 11.5 Å². The molecule has 0 bridgehead atoms. The maximum Gasteiger partial charge on any atom is 0.295 e. The minimum Gasteiger partial charge on any atom is -0.497 e. The highest BCUT2D eigenvalue weighted by Gasteiger charge is 2.29. The molecule has 37 heavy (non-hydrogen) atoms. The average Bonchev–Trinajstić information content (AvgIpc) is 2.95. The molecule has 4 aromatic rings. The van der Waals surface area contributed by atoms with Gasteiger partial charge in [0.2, 0.25) is 5.91 Å². The molecule has 9 heteroatoms. The molecule has 1 fully saturated rings. The minimum absolute atomic E-state index is 0.125. The maximum absolute atomic E-state index is 13.7. The van der Waals surface area contributed by atoms with Gasteiger partial charge in [0.15, 0.2) is 11.5 Å². The number of carbonyl (C=O) groups excluding carboxylic acids is 1. The van der Waals surface area contributed by atoms with E-state index in [9.17, 15) is 9.59 Å². The summed E-state index contributed by atoms with van der Waals surface area (Å²) in [6.45, 7) is 1.43. The van der Waals surface area contributed by atoms with Gasteiger partial charge in [-0.15, -0.1) is 0 Å². The molecule has 1 amide bonds. The van der Waals surface area contributed by atoms with Gasteiger partial charge < -0.3 is 19.7 Å². The van der Waals surface area contributed by atoms with E-state index >= 15 is 0 Å². The van der Waals surface area contributed by atoms with Gasteiger partial charge in [0, 0.05) is 25.4 Å². The Kier molecular flexibility index (Phi) is 7.02. The first-order valence-electron chi connectivity index (χ1n) is 12.2. The number of nitrogens with one attached hydrogen (secondary N) is 1. The van der Waals surface area contributed by atoms with Crippen LogP contribution in [0.25, 0.3) is 11.2 Å². The lowest BCUT2D eigenvalue weighted by molar-refractivity contribution is -0.120. The normalized spacial score (nSPS) is 15.4. The molecule has 5 rings (SSSR count). The van der Waals surface area contributed by atoms with Gasteiger partial charge in [-0.25, -0.2) is 9.97 Å². The van der Waals surface area contributed by atoms with Crippen LogP contribution in [0.3, 0.4) is 0 Å². The molecule has 2 aromatic carbocycles. The monoisotopic (exact) mass is 499 g/mol. The fraction of sp³-hybridized carbons (Fsp3) is 0.286. The number of hydrogen-bond acceptors (Lipinski definition) is 7. The summed E-state index contributed by atoms with van der Waals surface area (Å²) in [5.74, 6) is 1.07. The Balaban J connectivity index is 1.42. The molecule has 0 spiro atoms. The van der Waals surface area contributed by atoms with Gasteiger partial charge in [-0.1, -0.05) is 30.3 Å². The van der Waals surface area contributed by atoms with E-state index in [-0.39, 0.29) is 17.4 Å². The molecule has 3 heterocycles. The van der Waals surface area contributed by atoms with Crippen molar-refractivity contribution in [3.63, 3.8) is 0 Å². The molecule has 1 saturated heterocycles. The number of anilines is 2. The van der Waals surface area contributed by atoms with Crippen LogP contribution < -0.4 is 25.2 Å². The van der Waals surface area contributed by atoms with Crippen LogP contribution in [-0.4, -0.2) is 47.8 Å². The lowest BCUT2D eigenvalue weighted by Crippen LogP contribution is -2.44. The van der Waals surface area contributed by atoms with E-state index in [1.54, 1.807) is 43.2 Å². The van der Waals surface area contributed by atoms with Gasteiger partial charge in [0.25, 0.3) is 5.56 Å². The van der Waals surface area contributed by atoms with Gasteiger partial charge in [0.05, 0.1) is 32.4 Å². The molecule has 0 radical (unpaired) electrons. The zero-order chi connectivity index (χ0) is 25.8. The average molecular weight is 500 g/mol. The highest BCUT2D eigenvalue weighted by molar-refractivity contribution is 5.94. The number of rotatable bonds is 7. The van der Waals surface area contributed by atoms with E-state index in [1.165, 1.54) is 0 Å². The van der Waals surface area contributed by atoms with Crippen molar-refractivity contribution >= 4 is 28.6 Å². The Labute approximate surface area is 214 Å². The number of aromatic nitrogens is 3. The molecule has 2 aromatic heterocycles. The summed E-state index contributed by atoms with van der Waals surface area (Å²) in [6, 6.07) is 18.7. The van der Waals surface area contributed by atoms with Crippen LogP contribution in [0.2, 0.25) is 0 Å². The highest BCUT2D eigenvalue weighted by Crippen LogP contribution is 2.30. The fourth-order valence-corrected chi connectivity index (χ4v) is 4.70. The zero-order valence-electron chi connectivity index (χ0n) is 20.9. The third-order valence-corrected chi connectivity index (χ3v) is 6.63. The topological polar surface area (TPSA) is 98.6 Å². The molecular formula is C28H29N5O4. The SMILES string of the molecule is COc1ccc(NC(=O)C2CCCN(c3nc4cccnc4n(Cc4ccccc4)c3=O)C2)c(OC)c1. The number of piperidine rings is 1. The smallest absolute Gasteiger partial charge is 0.295 e. The van der Waals surface area contributed by atoms with Crippen LogP contribution in [0.5, 0.6) is 11.5 Å². The Hall–Kier alpha value is -4.40. The number of carbonyl (C=O) groups is 1. The summed E-state index contributed by atoms with van der Waals surface area (Å²) in [7, 11) is 3.13. The number of methoxy groups -OCH3 is 2. The quantitative estimate of drug-likeness (QED) is 0.414. The molecule has 0 saturated carbocycles. The molecule has 9 nitrogen and oxygen atoms in total. The minimum atomic E-state index is -0.311. The van der Waals surface area contributed by atoms with Crippen LogP contribution in [0, 0.1) is 5.92 Å². The number of benzene rings is 2. The van der Waals surface area contributed by atoms with Crippen molar-refractivity contribution in [3.8, 4) is 11.5 Å². The number of fused-ring (bicyclic) bond motifs is 1. The van der Waals surface area contributed by atoms with Crippen molar-refractivity contribution in [2.45, 2.75) is 19.4 Å². The third-order valence-electron chi connectivity index (χ3n) is 6.63. The summed E-state index contributed by atoms with van der Waals surface area (Å²) < 4.78 is 12.3. The highest BCUT2D eigenvalue weighted by atomic mass is 16.5. The van der Waals surface area contributed by atoms with Crippen molar-refractivity contribution in [2.75, 3.05) is 37.5 Å². The van der Waals surface area contributed by atoms with Crippen molar-refractivity contribution < 1.29 is 14.3 Å². The van der Waals surface area contributed by atoms with E-state index in [0.717, 1.165) is 12.0 Å². The molecular weight excluding hydrogens is 470 g/mol. The van der Waals surface area contributed by atoms with Gasteiger partial charge >= 0.3 is 0 Å². The molecule has 190 valence electrons. The summed E-state index contributed by atoms with van der Waals surface area (Å²) in [5, 5.41) is 2.98. The lowest BCUT2D eigenvalue weighted by atomic mass is 9.97. The number of nitrogens with zero attached hydrogens (tertiary/aromatic N) is 4. The zero-order valence-corrected chi connectivity index (χ0v) is 20.9. The van der Waals surface area contributed by atoms with Gasteiger partial charge in [-0.2, -0.15) is 0 Å². The molecule has 1 aliphatic rings. The van der Waals surface area contributed by atoms with E-state index in [0.29, 0.717) is 60.2 Å². The third kappa shape index (κ3) is 5.11. The Bertz CT molecular complexity index is 1470. The first kappa shape index (κ1) is 24.3. The lowest BCUT2D eigenvalue weighted by Gasteiger charge is -2.32. The van der Waals surface area contributed by atoms with E-state index < -0.39 is 0 Å². The summed E-state index contributed by atoms with van der Waals surface area (Å²) in [5.41, 5.74) is 2.54. The second kappa shape index (κ2) is 10.7. The molecule has 0 aliphatic carbocycles. The second-order valence-corrected chi connectivity index (χ2v) is 9.00. The first-order chi connectivity index (χ1) is 18.1. The number of pyridine rings is 1. The number of ether oxygens (including phenoxy) is 2. The maximum atomic E-state index is 13.7. The van der Waals surface area contributed by atoms with Crippen molar-refractivity contribution in [3.05, 3.63) is 82.8 Å². The summed E-state index contributed by atoms with van der Waals surface area (Å²) in [6.07, 6.45) is 3.15. The Morgan fingerprint density at radius 2 is 1.92 bits per heavy atom. The van der Waals surface area contributed by atoms with Gasteiger partial charge in [0.1, 0.15) is 17.0 Å². The van der Waals surface area contributed by atoms with E-state index in [1.807, 2.05) is 47.4 Å². The Morgan fingerprint density at radius 1 is 1.08 bits per heavy atom. The molecule has 1 N–H and O–H groups in total. The van der Waals surface area contributed by atoms with Gasteiger partial charge in [-0.05, 0) is 42.7 Å². The van der Waals surface area contributed by atoms with Crippen molar-refractivity contribution in [1.82, 2.24) is 14.5 Å². The second-order valence-electron chi connectivity index (χ2n) is 9.00. The van der Waals surface area contributed by atoms with Crippen molar-refractivity contribution in [1.29, 1.82) is 0 Å². The number of amides is 1. The van der Waals surface area contributed by atoms with Crippen LogP contribution in [0.15, 0.2) is 71.7 Å².